The molecule has 2 aromatic carbocycles. The topological polar surface area (TPSA) is 105 Å². The third kappa shape index (κ3) is 4.64. The summed E-state index contributed by atoms with van der Waals surface area (Å²) in [6.45, 7) is 1.93. The van der Waals surface area contributed by atoms with Gasteiger partial charge >= 0.3 is 12.1 Å². The van der Waals surface area contributed by atoms with Crippen molar-refractivity contribution in [1.29, 1.82) is 0 Å². The maximum atomic E-state index is 13.3. The summed E-state index contributed by atoms with van der Waals surface area (Å²) in [7, 11) is 0. The van der Waals surface area contributed by atoms with E-state index >= 15 is 0 Å². The van der Waals surface area contributed by atoms with Crippen molar-refractivity contribution in [2.24, 2.45) is 11.8 Å². The number of carboxylic acid groups (broad SMARTS) is 1. The number of ether oxygens (including phenoxy) is 1. The van der Waals surface area contributed by atoms with Crippen LogP contribution in [-0.2, 0) is 14.3 Å². The summed E-state index contributed by atoms with van der Waals surface area (Å²) in [5.74, 6) is -1.52. The van der Waals surface area contributed by atoms with Crippen molar-refractivity contribution >= 4 is 18.0 Å². The molecule has 3 aliphatic rings. The molecule has 35 heavy (non-hydrogen) atoms. The van der Waals surface area contributed by atoms with Crippen LogP contribution in [0.4, 0.5) is 4.79 Å². The van der Waals surface area contributed by atoms with Crippen molar-refractivity contribution in [3.8, 4) is 11.1 Å². The standard InChI is InChI=1S/C28H32N2O5/c1-28(18-13-14-18,26(33)29-19-8-6-7-17(15-19)25(31)32)30-27(34)35-16-24-22-11-4-2-9-20(22)21-10-3-5-12-23(21)24/h2-5,9-12,17-19,24H,6-8,13-16H2,1H3,(H,29,33)(H,30,34)(H,31,32)/t17-,19-,28?/m1/s1. The van der Waals surface area contributed by atoms with Crippen molar-refractivity contribution in [2.45, 2.75) is 62.9 Å². The second kappa shape index (κ2) is 9.36. The highest BCUT2D eigenvalue weighted by atomic mass is 16.5. The highest BCUT2D eigenvalue weighted by Crippen LogP contribution is 2.45. The third-order valence-corrected chi connectivity index (χ3v) is 7.93. The van der Waals surface area contributed by atoms with Gasteiger partial charge in [-0.05, 0) is 67.2 Å². The van der Waals surface area contributed by atoms with Crippen LogP contribution in [0.5, 0.6) is 0 Å². The summed E-state index contributed by atoms with van der Waals surface area (Å²) in [6, 6.07) is 16.1. The third-order valence-electron chi connectivity index (χ3n) is 7.93. The first kappa shape index (κ1) is 23.4. The first-order valence-electron chi connectivity index (χ1n) is 12.5. The molecule has 3 aliphatic carbocycles. The molecule has 2 amide bonds. The normalized spacial score (nSPS) is 22.9. The van der Waals surface area contributed by atoms with Crippen LogP contribution < -0.4 is 10.6 Å². The smallest absolute Gasteiger partial charge is 0.408 e. The highest BCUT2D eigenvalue weighted by Gasteiger charge is 2.49. The Bertz CT molecular complexity index is 1100. The van der Waals surface area contributed by atoms with Gasteiger partial charge in [0.15, 0.2) is 0 Å². The summed E-state index contributed by atoms with van der Waals surface area (Å²) in [5.41, 5.74) is 3.50. The number of benzene rings is 2. The van der Waals surface area contributed by atoms with Crippen molar-refractivity contribution < 1.29 is 24.2 Å². The second-order valence-electron chi connectivity index (χ2n) is 10.3. The Kier molecular flexibility index (Phi) is 6.26. The maximum absolute atomic E-state index is 13.3. The highest BCUT2D eigenvalue weighted by molar-refractivity contribution is 5.90. The molecule has 7 nitrogen and oxygen atoms in total. The number of hydrogen-bond donors (Lipinski definition) is 3. The minimum Gasteiger partial charge on any atom is -0.481 e. The number of carboxylic acids is 1. The predicted molar refractivity (Wildman–Crippen MR) is 131 cm³/mol. The summed E-state index contributed by atoms with van der Waals surface area (Å²) in [6.07, 6.45) is 3.69. The molecule has 2 saturated carbocycles. The van der Waals surface area contributed by atoms with Gasteiger partial charge in [0.05, 0.1) is 5.92 Å². The number of hydrogen-bond acceptors (Lipinski definition) is 4. The fourth-order valence-corrected chi connectivity index (χ4v) is 5.73. The zero-order valence-corrected chi connectivity index (χ0v) is 20.0. The van der Waals surface area contributed by atoms with E-state index in [0.717, 1.165) is 47.9 Å². The molecule has 5 rings (SSSR count). The van der Waals surface area contributed by atoms with Crippen molar-refractivity contribution in [3.63, 3.8) is 0 Å². The lowest BCUT2D eigenvalue weighted by Crippen LogP contribution is -2.60. The molecule has 184 valence electrons. The number of carbonyl (C=O) groups is 3. The summed E-state index contributed by atoms with van der Waals surface area (Å²) in [4.78, 5) is 37.6. The first-order valence-corrected chi connectivity index (χ1v) is 12.5. The van der Waals surface area contributed by atoms with Crippen LogP contribution in [0.15, 0.2) is 48.5 Å². The van der Waals surface area contributed by atoms with Gasteiger partial charge in [0.25, 0.3) is 0 Å². The van der Waals surface area contributed by atoms with Gasteiger partial charge in [0, 0.05) is 12.0 Å². The maximum Gasteiger partial charge on any atom is 0.408 e. The van der Waals surface area contributed by atoms with Gasteiger partial charge in [-0.1, -0.05) is 55.0 Å². The summed E-state index contributed by atoms with van der Waals surface area (Å²) >= 11 is 0. The number of amides is 2. The minimum atomic E-state index is -1.08. The van der Waals surface area contributed by atoms with E-state index in [0.29, 0.717) is 12.8 Å². The SMILES string of the molecule is CC(NC(=O)OCC1c2ccccc2-c2ccccc21)(C(=O)N[C@@H]1CCC[C@@H](C(=O)O)C1)C1CC1. The Morgan fingerprint density at radius 2 is 1.60 bits per heavy atom. The summed E-state index contributed by atoms with van der Waals surface area (Å²) < 4.78 is 5.69. The van der Waals surface area contributed by atoms with Crippen molar-refractivity contribution in [2.75, 3.05) is 6.61 Å². The quantitative estimate of drug-likeness (QED) is 0.548. The van der Waals surface area contributed by atoms with Gasteiger partial charge in [-0.25, -0.2) is 4.79 Å². The molecule has 0 radical (unpaired) electrons. The van der Waals surface area contributed by atoms with Gasteiger partial charge in [0.2, 0.25) is 5.91 Å². The lowest BCUT2D eigenvalue weighted by Gasteiger charge is -2.34. The Hall–Kier alpha value is -3.35. The van der Waals surface area contributed by atoms with E-state index in [2.05, 4.69) is 34.9 Å². The van der Waals surface area contributed by atoms with Crippen LogP contribution in [0.3, 0.4) is 0 Å². The number of alkyl carbamates (subject to hydrolysis) is 1. The number of carbonyl (C=O) groups excluding carboxylic acids is 2. The van der Waals surface area contributed by atoms with Crippen LogP contribution in [0, 0.1) is 11.8 Å². The Balaban J connectivity index is 1.24. The fourth-order valence-electron chi connectivity index (χ4n) is 5.73. The van der Waals surface area contributed by atoms with Gasteiger partial charge < -0.3 is 20.5 Å². The van der Waals surface area contributed by atoms with E-state index in [1.807, 2.05) is 24.3 Å². The number of nitrogens with one attached hydrogen (secondary N) is 2. The minimum absolute atomic E-state index is 0.0434. The van der Waals surface area contributed by atoms with Gasteiger partial charge in [0.1, 0.15) is 12.1 Å². The molecule has 0 heterocycles. The fraction of sp³-hybridized carbons (Fsp3) is 0.464. The molecule has 7 heteroatoms. The molecule has 2 fully saturated rings. The van der Waals surface area contributed by atoms with Crippen LogP contribution in [-0.4, -0.2) is 41.3 Å². The van der Waals surface area contributed by atoms with E-state index in [1.165, 1.54) is 0 Å². The molecule has 3 atom stereocenters. The average Bonchev–Trinajstić information content (AvgIpc) is 3.67. The second-order valence-corrected chi connectivity index (χ2v) is 10.3. The number of aliphatic carboxylic acids is 1. The Labute approximate surface area is 205 Å². The van der Waals surface area contributed by atoms with E-state index in [4.69, 9.17) is 4.74 Å². The van der Waals surface area contributed by atoms with Crippen LogP contribution in [0.1, 0.15) is 62.5 Å². The van der Waals surface area contributed by atoms with Crippen LogP contribution in [0.2, 0.25) is 0 Å². The lowest BCUT2D eigenvalue weighted by atomic mass is 9.85. The van der Waals surface area contributed by atoms with E-state index < -0.39 is 23.5 Å². The van der Waals surface area contributed by atoms with E-state index in [1.54, 1.807) is 6.92 Å². The molecule has 0 spiro atoms. The first-order chi connectivity index (χ1) is 16.9. The molecule has 0 saturated heterocycles. The Morgan fingerprint density at radius 3 is 2.20 bits per heavy atom. The molecule has 1 unspecified atom stereocenters. The molecule has 0 aliphatic heterocycles. The van der Waals surface area contributed by atoms with Crippen molar-refractivity contribution in [3.05, 3.63) is 59.7 Å². The molecule has 2 aromatic rings. The van der Waals surface area contributed by atoms with E-state index in [-0.39, 0.29) is 30.4 Å². The molecular weight excluding hydrogens is 444 g/mol. The lowest BCUT2D eigenvalue weighted by molar-refractivity contribution is -0.143. The molecule has 0 bridgehead atoms. The Morgan fingerprint density at radius 1 is 0.971 bits per heavy atom. The number of rotatable bonds is 7. The van der Waals surface area contributed by atoms with Crippen LogP contribution >= 0.6 is 0 Å². The van der Waals surface area contributed by atoms with Gasteiger partial charge in [-0.15, -0.1) is 0 Å². The summed E-state index contributed by atoms with van der Waals surface area (Å²) in [5, 5.41) is 15.2. The largest absolute Gasteiger partial charge is 0.481 e. The van der Waals surface area contributed by atoms with E-state index in [9.17, 15) is 19.5 Å². The number of fused-ring (bicyclic) bond motifs is 3. The predicted octanol–water partition coefficient (Wildman–Crippen LogP) is 4.45. The van der Waals surface area contributed by atoms with Crippen molar-refractivity contribution in [1.82, 2.24) is 10.6 Å². The zero-order valence-electron chi connectivity index (χ0n) is 20.0. The molecule has 0 aromatic heterocycles. The molecule has 3 N–H and O–H groups in total. The van der Waals surface area contributed by atoms with Crippen LogP contribution in [0.25, 0.3) is 11.1 Å². The monoisotopic (exact) mass is 476 g/mol. The zero-order chi connectivity index (χ0) is 24.6. The average molecular weight is 477 g/mol. The van der Waals surface area contributed by atoms with Gasteiger partial charge in [-0.3, -0.25) is 9.59 Å². The van der Waals surface area contributed by atoms with Gasteiger partial charge in [-0.2, -0.15) is 0 Å². The molecular formula is C28H32N2O5.